The molecule has 5 N–H and O–H groups in total. The Bertz CT molecular complexity index is 547. The van der Waals surface area contributed by atoms with Gasteiger partial charge in [-0.25, -0.2) is 0 Å². The van der Waals surface area contributed by atoms with Crippen LogP contribution in [0, 0.1) is 39.9 Å². The lowest BCUT2D eigenvalue weighted by Gasteiger charge is -2.49. The van der Waals surface area contributed by atoms with Gasteiger partial charge in [0.1, 0.15) is 0 Å². The number of rotatable bonds is 0. The average molecular weight is 352 g/mol. The normalized spacial score (nSPS) is 56.6. The highest BCUT2D eigenvalue weighted by atomic mass is 16.3. The summed E-state index contributed by atoms with van der Waals surface area (Å²) >= 11 is 0. The van der Waals surface area contributed by atoms with Gasteiger partial charge >= 0.3 is 0 Å². The summed E-state index contributed by atoms with van der Waals surface area (Å²) in [4.78, 5) is 0. The van der Waals surface area contributed by atoms with Crippen LogP contribution in [0.2, 0.25) is 0 Å². The van der Waals surface area contributed by atoms with Crippen LogP contribution in [0.25, 0.3) is 0 Å². The highest BCUT2D eigenvalue weighted by molar-refractivity contribution is 5.19. The maximum Gasteiger partial charge on any atom is 0.0802 e. The molecule has 4 nitrogen and oxygen atoms in total. The average Bonchev–Trinajstić information content (AvgIpc) is 2.84. The standard InChI is InChI=1S/C21H37NO3/c1-19(2)9-21(17-11(19)5-6-14(23)18(17)22)10-20(3,4)12-7-15(24)16(25)8-13(12)21/h11-18,23-25H,5-10,22H2,1-4H3. The molecule has 4 aliphatic rings. The molecule has 4 heteroatoms. The van der Waals surface area contributed by atoms with Gasteiger partial charge in [0.15, 0.2) is 0 Å². The number of aliphatic hydroxyl groups is 3. The van der Waals surface area contributed by atoms with Crippen molar-refractivity contribution in [1.82, 2.24) is 0 Å². The topological polar surface area (TPSA) is 86.7 Å². The second-order valence-corrected chi connectivity index (χ2v) is 11.2. The maximum atomic E-state index is 10.5. The predicted molar refractivity (Wildman–Crippen MR) is 97.7 cm³/mol. The first-order valence-electron chi connectivity index (χ1n) is 10.3. The first kappa shape index (κ1) is 18.2. The van der Waals surface area contributed by atoms with E-state index in [2.05, 4.69) is 27.7 Å². The van der Waals surface area contributed by atoms with Gasteiger partial charge in [0.2, 0.25) is 0 Å². The lowest BCUT2D eigenvalue weighted by atomic mass is 9.58. The van der Waals surface area contributed by atoms with Crippen molar-refractivity contribution in [3.05, 3.63) is 0 Å². The Morgan fingerprint density at radius 2 is 1.24 bits per heavy atom. The summed E-state index contributed by atoms with van der Waals surface area (Å²) in [5.41, 5.74) is 7.13. The zero-order valence-electron chi connectivity index (χ0n) is 16.3. The van der Waals surface area contributed by atoms with Crippen molar-refractivity contribution >= 4 is 0 Å². The molecule has 0 aromatic carbocycles. The third kappa shape index (κ3) is 2.40. The summed E-state index contributed by atoms with van der Waals surface area (Å²) in [6.45, 7) is 9.46. The summed E-state index contributed by atoms with van der Waals surface area (Å²) in [5, 5.41) is 31.3. The fourth-order valence-corrected chi connectivity index (χ4v) is 8.32. The van der Waals surface area contributed by atoms with E-state index >= 15 is 0 Å². The molecule has 0 aromatic heterocycles. The second kappa shape index (κ2) is 5.43. The van der Waals surface area contributed by atoms with E-state index in [9.17, 15) is 15.3 Å². The molecule has 0 amide bonds. The molecule has 0 aliphatic heterocycles. The van der Waals surface area contributed by atoms with Crippen LogP contribution < -0.4 is 5.73 Å². The van der Waals surface area contributed by atoms with Crippen molar-refractivity contribution in [3.8, 4) is 0 Å². The van der Waals surface area contributed by atoms with Crippen molar-refractivity contribution < 1.29 is 15.3 Å². The highest BCUT2D eigenvalue weighted by Crippen LogP contribution is 2.74. The quantitative estimate of drug-likeness (QED) is 0.539. The van der Waals surface area contributed by atoms with Gasteiger partial charge in [-0.1, -0.05) is 27.7 Å². The van der Waals surface area contributed by atoms with Gasteiger partial charge in [-0.3, -0.25) is 0 Å². The molecule has 9 unspecified atom stereocenters. The van der Waals surface area contributed by atoms with Gasteiger partial charge < -0.3 is 21.1 Å². The fourth-order valence-electron chi connectivity index (χ4n) is 8.32. The monoisotopic (exact) mass is 351 g/mol. The van der Waals surface area contributed by atoms with E-state index in [1.54, 1.807) is 0 Å². The first-order valence-corrected chi connectivity index (χ1v) is 10.3. The van der Waals surface area contributed by atoms with Crippen LogP contribution in [0.3, 0.4) is 0 Å². The summed E-state index contributed by atoms with van der Waals surface area (Å²) in [6.07, 6.45) is 3.94. The van der Waals surface area contributed by atoms with Crippen LogP contribution in [0.15, 0.2) is 0 Å². The number of nitrogens with two attached hydrogens (primary N) is 1. The number of hydrogen-bond acceptors (Lipinski definition) is 4. The highest BCUT2D eigenvalue weighted by Gasteiger charge is 2.70. The van der Waals surface area contributed by atoms with Crippen LogP contribution in [-0.4, -0.2) is 39.7 Å². The fraction of sp³-hybridized carbons (Fsp3) is 1.00. The third-order valence-electron chi connectivity index (χ3n) is 8.97. The first-order chi connectivity index (χ1) is 11.5. The van der Waals surface area contributed by atoms with Crippen molar-refractivity contribution in [3.63, 3.8) is 0 Å². The van der Waals surface area contributed by atoms with Crippen molar-refractivity contribution in [2.75, 3.05) is 0 Å². The molecule has 0 aromatic rings. The SMILES string of the molecule is CC1(C)CC2(CC(C)(C)C3CCC(O)C(N)C32)C2CC(O)C(O)CC21. The number of hydrogen-bond donors (Lipinski definition) is 4. The molecule has 4 saturated carbocycles. The largest absolute Gasteiger partial charge is 0.392 e. The Morgan fingerprint density at radius 3 is 1.84 bits per heavy atom. The Labute approximate surface area is 152 Å². The molecule has 1 spiro atoms. The number of aliphatic hydroxyl groups excluding tert-OH is 3. The molecular weight excluding hydrogens is 314 g/mol. The van der Waals surface area contributed by atoms with E-state index in [1.165, 1.54) is 0 Å². The van der Waals surface area contributed by atoms with Gasteiger partial charge in [0.25, 0.3) is 0 Å². The minimum absolute atomic E-state index is 0.101. The van der Waals surface area contributed by atoms with Gasteiger partial charge in [0.05, 0.1) is 18.3 Å². The van der Waals surface area contributed by atoms with Gasteiger partial charge in [-0.2, -0.15) is 0 Å². The minimum Gasteiger partial charge on any atom is -0.392 e. The molecule has 4 aliphatic carbocycles. The molecular formula is C21H37NO3. The Balaban J connectivity index is 1.79. The van der Waals surface area contributed by atoms with Crippen molar-refractivity contribution in [2.45, 2.75) is 90.6 Å². The molecule has 4 fully saturated rings. The number of fused-ring (bicyclic) bond motifs is 4. The van der Waals surface area contributed by atoms with Crippen molar-refractivity contribution in [1.29, 1.82) is 0 Å². The zero-order valence-corrected chi connectivity index (χ0v) is 16.3. The van der Waals surface area contributed by atoms with Gasteiger partial charge in [-0.15, -0.1) is 0 Å². The summed E-state index contributed by atoms with van der Waals surface area (Å²) in [7, 11) is 0. The van der Waals surface area contributed by atoms with Crippen LogP contribution in [0.5, 0.6) is 0 Å². The summed E-state index contributed by atoms with van der Waals surface area (Å²) in [6, 6.07) is -0.154. The maximum absolute atomic E-state index is 10.5. The van der Waals surface area contributed by atoms with Crippen LogP contribution in [0.4, 0.5) is 0 Å². The van der Waals surface area contributed by atoms with Crippen LogP contribution in [0.1, 0.15) is 66.2 Å². The van der Waals surface area contributed by atoms with E-state index in [1.807, 2.05) is 0 Å². The molecule has 0 bridgehead atoms. The molecule has 0 heterocycles. The molecule has 25 heavy (non-hydrogen) atoms. The Kier molecular flexibility index (Phi) is 3.96. The van der Waals surface area contributed by atoms with Gasteiger partial charge in [0, 0.05) is 6.04 Å². The second-order valence-electron chi connectivity index (χ2n) is 11.2. The Hall–Kier alpha value is -0.160. The lowest BCUT2D eigenvalue weighted by molar-refractivity contribution is -0.0836. The van der Waals surface area contributed by atoms with Crippen LogP contribution in [-0.2, 0) is 0 Å². The molecule has 0 saturated heterocycles. The van der Waals surface area contributed by atoms with Crippen molar-refractivity contribution in [2.24, 2.45) is 45.7 Å². The predicted octanol–water partition coefficient (Wildman–Crippen LogP) is 2.29. The molecule has 0 radical (unpaired) electrons. The van der Waals surface area contributed by atoms with E-state index in [0.717, 1.165) is 25.7 Å². The zero-order chi connectivity index (χ0) is 18.4. The van der Waals surface area contributed by atoms with E-state index < -0.39 is 18.3 Å². The minimum atomic E-state index is -0.612. The molecule has 4 rings (SSSR count). The van der Waals surface area contributed by atoms with Gasteiger partial charge in [-0.05, 0) is 78.4 Å². The smallest absolute Gasteiger partial charge is 0.0802 e. The third-order valence-corrected chi connectivity index (χ3v) is 8.97. The Morgan fingerprint density at radius 1 is 0.720 bits per heavy atom. The van der Waals surface area contributed by atoms with E-state index in [0.29, 0.717) is 36.5 Å². The summed E-state index contributed by atoms with van der Waals surface area (Å²) in [5.74, 6) is 1.74. The van der Waals surface area contributed by atoms with Crippen LogP contribution >= 0.6 is 0 Å². The molecule has 144 valence electrons. The van der Waals surface area contributed by atoms with E-state index in [4.69, 9.17) is 5.73 Å². The van der Waals surface area contributed by atoms with E-state index in [-0.39, 0.29) is 22.3 Å². The summed E-state index contributed by atoms with van der Waals surface area (Å²) < 4.78 is 0. The lowest BCUT2D eigenvalue weighted by Crippen LogP contribution is -2.54. The molecule has 9 atom stereocenters.